The van der Waals surface area contributed by atoms with Gasteiger partial charge in [-0.05, 0) is 17.2 Å². The highest BCUT2D eigenvalue weighted by atomic mass is 16.4. The van der Waals surface area contributed by atoms with E-state index in [2.05, 4.69) is 16.0 Å². The molecule has 1 aliphatic heterocycles. The van der Waals surface area contributed by atoms with Crippen molar-refractivity contribution in [1.29, 1.82) is 5.26 Å². The molecule has 9 nitrogen and oxygen atoms in total. The van der Waals surface area contributed by atoms with Crippen LogP contribution in [-0.2, 0) is 32.0 Å². The zero-order chi connectivity index (χ0) is 23.1. The molecule has 1 fully saturated rings. The molecule has 1 saturated heterocycles. The Hall–Kier alpha value is -4.19. The minimum Gasteiger partial charge on any atom is -0.480 e. The van der Waals surface area contributed by atoms with Crippen molar-refractivity contribution in [3.05, 3.63) is 71.3 Å². The molecule has 2 aromatic rings. The minimum atomic E-state index is -1.29. The number of rotatable bonds is 8. The number of hydrogen-bond acceptors (Lipinski definition) is 5. The van der Waals surface area contributed by atoms with Crippen LogP contribution >= 0.6 is 0 Å². The van der Waals surface area contributed by atoms with Gasteiger partial charge in [-0.15, -0.1) is 0 Å². The van der Waals surface area contributed by atoms with Crippen molar-refractivity contribution in [2.45, 2.75) is 37.4 Å². The Morgan fingerprint density at radius 3 is 2.31 bits per heavy atom. The summed E-state index contributed by atoms with van der Waals surface area (Å²) in [5.41, 5.74) is 1.68. The molecule has 9 heteroatoms. The lowest BCUT2D eigenvalue weighted by molar-refractivity contribution is -0.142. The van der Waals surface area contributed by atoms with Gasteiger partial charge >= 0.3 is 5.97 Å². The molecule has 0 radical (unpaired) electrons. The van der Waals surface area contributed by atoms with Crippen molar-refractivity contribution >= 4 is 23.7 Å². The number of piperazine rings is 1. The third-order valence-corrected chi connectivity index (χ3v) is 5.13. The largest absolute Gasteiger partial charge is 0.480 e. The maximum absolute atomic E-state index is 12.4. The van der Waals surface area contributed by atoms with Crippen LogP contribution in [0.3, 0.4) is 0 Å². The number of carbonyl (C=O) groups excluding carboxylic acids is 3. The number of benzene rings is 2. The summed E-state index contributed by atoms with van der Waals surface area (Å²) < 4.78 is 0. The van der Waals surface area contributed by atoms with Crippen LogP contribution in [0.5, 0.6) is 0 Å². The SMILES string of the molecule is N#Cc1ccccc1C[C@@H](NC(=O)C[C@@H]1NC(=O)[C@H](Cc2ccccc2)NC1=O)C(=O)O. The number of nitrogens with zero attached hydrogens (tertiary/aromatic N) is 1. The average molecular weight is 434 g/mol. The Bertz CT molecular complexity index is 1060. The lowest BCUT2D eigenvalue weighted by Gasteiger charge is -2.29. The Morgan fingerprint density at radius 2 is 1.62 bits per heavy atom. The van der Waals surface area contributed by atoms with Crippen molar-refractivity contribution in [3.8, 4) is 6.07 Å². The van der Waals surface area contributed by atoms with Crippen LogP contribution in [0.15, 0.2) is 54.6 Å². The first kappa shape index (κ1) is 22.5. The van der Waals surface area contributed by atoms with Gasteiger partial charge in [0.25, 0.3) is 0 Å². The van der Waals surface area contributed by atoms with E-state index in [0.717, 1.165) is 5.56 Å². The van der Waals surface area contributed by atoms with E-state index in [-0.39, 0.29) is 6.42 Å². The fraction of sp³-hybridized carbons (Fsp3) is 0.261. The highest BCUT2D eigenvalue weighted by Crippen LogP contribution is 2.12. The molecule has 3 rings (SSSR count). The van der Waals surface area contributed by atoms with E-state index in [4.69, 9.17) is 5.26 Å². The van der Waals surface area contributed by atoms with E-state index in [1.54, 1.807) is 24.3 Å². The molecule has 0 aliphatic carbocycles. The zero-order valence-corrected chi connectivity index (χ0v) is 17.1. The molecular weight excluding hydrogens is 412 g/mol. The second-order valence-corrected chi connectivity index (χ2v) is 7.45. The smallest absolute Gasteiger partial charge is 0.326 e. The van der Waals surface area contributed by atoms with Gasteiger partial charge in [0.05, 0.1) is 18.1 Å². The molecule has 1 heterocycles. The molecule has 0 unspecified atom stereocenters. The lowest BCUT2D eigenvalue weighted by Crippen LogP contribution is -2.63. The van der Waals surface area contributed by atoms with Gasteiger partial charge in [0.1, 0.15) is 18.1 Å². The minimum absolute atomic E-state index is 0.0901. The molecule has 3 atom stereocenters. The summed E-state index contributed by atoms with van der Waals surface area (Å²) in [6.07, 6.45) is -0.177. The molecule has 0 saturated carbocycles. The van der Waals surface area contributed by atoms with Gasteiger partial charge in [-0.1, -0.05) is 48.5 Å². The molecule has 1 aliphatic rings. The van der Waals surface area contributed by atoms with Gasteiger partial charge in [0.2, 0.25) is 17.7 Å². The molecule has 0 aromatic heterocycles. The van der Waals surface area contributed by atoms with Crippen molar-refractivity contribution < 1.29 is 24.3 Å². The highest BCUT2D eigenvalue weighted by molar-refractivity contribution is 5.99. The van der Waals surface area contributed by atoms with Crippen LogP contribution in [0.1, 0.15) is 23.1 Å². The van der Waals surface area contributed by atoms with Gasteiger partial charge in [-0.3, -0.25) is 14.4 Å². The van der Waals surface area contributed by atoms with Crippen molar-refractivity contribution in [1.82, 2.24) is 16.0 Å². The fourth-order valence-electron chi connectivity index (χ4n) is 3.48. The Kier molecular flexibility index (Phi) is 7.18. The summed E-state index contributed by atoms with van der Waals surface area (Å²) in [4.78, 5) is 48.9. The lowest BCUT2D eigenvalue weighted by atomic mass is 9.99. The number of hydrogen-bond donors (Lipinski definition) is 4. The van der Waals surface area contributed by atoms with E-state index in [9.17, 15) is 24.3 Å². The summed E-state index contributed by atoms with van der Waals surface area (Å²) >= 11 is 0. The van der Waals surface area contributed by atoms with Crippen LogP contribution in [-0.4, -0.2) is 46.9 Å². The van der Waals surface area contributed by atoms with Gasteiger partial charge in [-0.25, -0.2) is 4.79 Å². The van der Waals surface area contributed by atoms with E-state index in [1.165, 1.54) is 0 Å². The molecule has 4 N–H and O–H groups in total. The summed E-state index contributed by atoms with van der Waals surface area (Å²) in [5, 5.41) is 26.2. The number of carboxylic acid groups (broad SMARTS) is 1. The van der Waals surface area contributed by atoms with Crippen LogP contribution in [0.2, 0.25) is 0 Å². The molecule has 3 amide bonds. The van der Waals surface area contributed by atoms with E-state index in [0.29, 0.717) is 17.5 Å². The maximum atomic E-state index is 12.4. The number of nitriles is 1. The Morgan fingerprint density at radius 1 is 1.00 bits per heavy atom. The standard InChI is InChI=1S/C23H22N4O5/c24-13-16-9-5-4-8-15(16)11-19(23(31)32)25-20(28)12-18-22(30)26-17(21(29)27-18)10-14-6-2-1-3-7-14/h1-9,17-19H,10-12H2,(H,25,28)(H,26,30)(H,27,29)(H,31,32)/t17-,18-,19+/m0/s1. The second-order valence-electron chi connectivity index (χ2n) is 7.45. The van der Waals surface area contributed by atoms with E-state index >= 15 is 0 Å². The summed E-state index contributed by atoms with van der Waals surface area (Å²) in [6, 6.07) is 14.5. The number of carbonyl (C=O) groups is 4. The summed E-state index contributed by atoms with van der Waals surface area (Å²) in [5.74, 6) is -2.90. The number of nitrogens with one attached hydrogen (secondary N) is 3. The summed E-state index contributed by atoms with van der Waals surface area (Å²) in [7, 11) is 0. The molecule has 164 valence electrons. The molecule has 2 aromatic carbocycles. The Balaban J connectivity index is 1.58. The Labute approximate surface area is 184 Å². The quantitative estimate of drug-likeness (QED) is 0.469. The fourth-order valence-corrected chi connectivity index (χ4v) is 3.48. The number of aliphatic carboxylic acids is 1. The van der Waals surface area contributed by atoms with Crippen molar-refractivity contribution in [2.75, 3.05) is 0 Å². The number of amides is 3. The molecule has 0 bridgehead atoms. The van der Waals surface area contributed by atoms with E-state index in [1.807, 2.05) is 36.4 Å². The third kappa shape index (κ3) is 5.70. The first-order valence-corrected chi connectivity index (χ1v) is 10.0. The average Bonchev–Trinajstić information content (AvgIpc) is 2.77. The molecular formula is C23H22N4O5. The normalized spacial score (nSPS) is 18.6. The van der Waals surface area contributed by atoms with Crippen molar-refractivity contribution in [3.63, 3.8) is 0 Å². The maximum Gasteiger partial charge on any atom is 0.326 e. The zero-order valence-electron chi connectivity index (χ0n) is 17.1. The summed E-state index contributed by atoms with van der Waals surface area (Å²) in [6.45, 7) is 0. The van der Waals surface area contributed by atoms with Gasteiger partial charge in [0, 0.05) is 12.8 Å². The predicted molar refractivity (Wildman–Crippen MR) is 113 cm³/mol. The first-order valence-electron chi connectivity index (χ1n) is 10.0. The van der Waals surface area contributed by atoms with Crippen LogP contribution in [0, 0.1) is 11.3 Å². The monoisotopic (exact) mass is 434 g/mol. The van der Waals surface area contributed by atoms with E-state index < -0.39 is 48.2 Å². The predicted octanol–water partition coefficient (Wildman–Crippen LogP) is 0.286. The van der Waals surface area contributed by atoms with Crippen LogP contribution < -0.4 is 16.0 Å². The van der Waals surface area contributed by atoms with Gasteiger partial charge in [0.15, 0.2) is 0 Å². The highest BCUT2D eigenvalue weighted by Gasteiger charge is 2.35. The first-order chi connectivity index (χ1) is 15.4. The van der Waals surface area contributed by atoms with Gasteiger partial charge in [-0.2, -0.15) is 5.26 Å². The van der Waals surface area contributed by atoms with Crippen LogP contribution in [0.4, 0.5) is 0 Å². The number of carboxylic acids is 1. The van der Waals surface area contributed by atoms with Gasteiger partial charge < -0.3 is 21.1 Å². The molecule has 0 spiro atoms. The second kappa shape index (κ2) is 10.2. The molecule has 32 heavy (non-hydrogen) atoms. The topological polar surface area (TPSA) is 148 Å². The third-order valence-electron chi connectivity index (χ3n) is 5.13. The van der Waals surface area contributed by atoms with Crippen LogP contribution in [0.25, 0.3) is 0 Å². The van der Waals surface area contributed by atoms with Crippen molar-refractivity contribution in [2.24, 2.45) is 0 Å².